The van der Waals surface area contributed by atoms with E-state index in [2.05, 4.69) is 9.97 Å². The van der Waals surface area contributed by atoms with E-state index in [-0.39, 0.29) is 0 Å². The van der Waals surface area contributed by atoms with Crippen molar-refractivity contribution in [3.63, 3.8) is 0 Å². The standard InChI is InChI=1S/C11H8ClN3O/c12-9-1-3-11(4-2-9)15(16)8-10-7-13-5-6-14-10/h1-8H. The van der Waals surface area contributed by atoms with Crippen LogP contribution in [-0.4, -0.2) is 20.9 Å². The monoisotopic (exact) mass is 233 g/mol. The molecule has 0 amide bonds. The third-order valence-corrected chi connectivity index (χ3v) is 2.17. The summed E-state index contributed by atoms with van der Waals surface area (Å²) < 4.78 is 0.723. The van der Waals surface area contributed by atoms with Gasteiger partial charge in [0.1, 0.15) is 5.69 Å². The van der Waals surface area contributed by atoms with Crippen LogP contribution in [0.1, 0.15) is 5.69 Å². The Hall–Kier alpha value is -1.94. The van der Waals surface area contributed by atoms with Crippen LogP contribution in [0.25, 0.3) is 0 Å². The molecule has 0 atom stereocenters. The highest BCUT2D eigenvalue weighted by Gasteiger charge is 2.01. The molecule has 0 fully saturated rings. The summed E-state index contributed by atoms with van der Waals surface area (Å²) in [5.74, 6) is 0. The first-order valence-electron chi connectivity index (χ1n) is 4.58. The Morgan fingerprint density at radius 2 is 1.94 bits per heavy atom. The molecule has 0 aliphatic heterocycles. The van der Waals surface area contributed by atoms with E-state index < -0.39 is 0 Å². The van der Waals surface area contributed by atoms with Gasteiger partial charge >= 0.3 is 0 Å². The molecule has 0 unspecified atom stereocenters. The lowest BCUT2D eigenvalue weighted by Crippen LogP contribution is -2.00. The van der Waals surface area contributed by atoms with Gasteiger partial charge in [0.2, 0.25) is 11.9 Å². The molecule has 0 spiro atoms. The molecule has 0 aliphatic rings. The number of halogens is 1. The Balaban J connectivity index is 2.28. The maximum absolute atomic E-state index is 11.7. The predicted molar refractivity (Wildman–Crippen MR) is 61.9 cm³/mol. The Labute approximate surface area is 97.4 Å². The first-order valence-corrected chi connectivity index (χ1v) is 4.96. The molecular weight excluding hydrogens is 226 g/mol. The van der Waals surface area contributed by atoms with Gasteiger partial charge in [-0.3, -0.25) is 4.98 Å². The highest BCUT2D eigenvalue weighted by atomic mass is 35.5. The largest absolute Gasteiger partial charge is 0.618 e. The number of hydrogen-bond acceptors (Lipinski definition) is 3. The van der Waals surface area contributed by atoms with E-state index in [1.165, 1.54) is 18.6 Å². The van der Waals surface area contributed by atoms with Gasteiger partial charge in [-0.2, -0.15) is 4.74 Å². The number of rotatable bonds is 2. The topological polar surface area (TPSA) is 51.9 Å². The second-order valence-corrected chi connectivity index (χ2v) is 3.50. The van der Waals surface area contributed by atoms with Gasteiger partial charge in [-0.15, -0.1) is 0 Å². The highest BCUT2D eigenvalue weighted by Crippen LogP contribution is 2.15. The lowest BCUT2D eigenvalue weighted by Gasteiger charge is -2.01. The van der Waals surface area contributed by atoms with E-state index in [0.29, 0.717) is 16.4 Å². The average molecular weight is 234 g/mol. The minimum Gasteiger partial charge on any atom is -0.618 e. The van der Waals surface area contributed by atoms with Crippen molar-refractivity contribution in [2.45, 2.75) is 0 Å². The van der Waals surface area contributed by atoms with Gasteiger partial charge in [-0.25, -0.2) is 4.98 Å². The lowest BCUT2D eigenvalue weighted by atomic mass is 10.3. The molecule has 5 heteroatoms. The van der Waals surface area contributed by atoms with Gasteiger partial charge in [0.15, 0.2) is 0 Å². The van der Waals surface area contributed by atoms with E-state index in [0.717, 1.165) is 4.74 Å². The molecule has 16 heavy (non-hydrogen) atoms. The summed E-state index contributed by atoms with van der Waals surface area (Å²) in [5, 5.41) is 12.3. The molecule has 0 bridgehead atoms. The SMILES string of the molecule is [O-][N+](=Cc1cnccn1)c1ccc(Cl)cc1. The maximum atomic E-state index is 11.7. The molecule has 1 aromatic heterocycles. The zero-order valence-electron chi connectivity index (χ0n) is 8.25. The van der Waals surface area contributed by atoms with Crippen molar-refractivity contribution in [1.29, 1.82) is 0 Å². The van der Waals surface area contributed by atoms with Crippen molar-refractivity contribution in [2.75, 3.05) is 0 Å². The second kappa shape index (κ2) is 4.72. The molecular formula is C11H8ClN3O. The van der Waals surface area contributed by atoms with E-state index in [1.807, 2.05) is 0 Å². The van der Waals surface area contributed by atoms with Crippen LogP contribution in [0.3, 0.4) is 0 Å². The normalized spacial score (nSPS) is 11.4. The second-order valence-electron chi connectivity index (χ2n) is 3.06. The van der Waals surface area contributed by atoms with E-state index >= 15 is 0 Å². The van der Waals surface area contributed by atoms with Gasteiger partial charge in [-0.05, 0) is 12.1 Å². The molecule has 1 aromatic carbocycles. The summed E-state index contributed by atoms with van der Waals surface area (Å²) in [4.78, 5) is 7.84. The van der Waals surface area contributed by atoms with Crippen LogP contribution in [0.4, 0.5) is 5.69 Å². The van der Waals surface area contributed by atoms with Gasteiger partial charge in [0.25, 0.3) is 0 Å². The first kappa shape index (κ1) is 10.6. The number of aromatic nitrogens is 2. The van der Waals surface area contributed by atoms with E-state index in [4.69, 9.17) is 11.6 Å². The molecule has 4 nitrogen and oxygen atoms in total. The molecule has 80 valence electrons. The fraction of sp³-hybridized carbons (Fsp3) is 0. The van der Waals surface area contributed by atoms with Crippen LogP contribution in [-0.2, 0) is 0 Å². The van der Waals surface area contributed by atoms with Gasteiger partial charge in [-0.1, -0.05) is 11.6 Å². The Morgan fingerprint density at radius 3 is 2.56 bits per heavy atom. The number of hydrogen-bond donors (Lipinski definition) is 0. The molecule has 0 radical (unpaired) electrons. The molecule has 0 aliphatic carbocycles. The van der Waals surface area contributed by atoms with Crippen LogP contribution >= 0.6 is 11.6 Å². The molecule has 2 aromatic rings. The summed E-state index contributed by atoms with van der Waals surface area (Å²) in [6.07, 6.45) is 5.95. The van der Waals surface area contributed by atoms with Crippen LogP contribution < -0.4 is 0 Å². The van der Waals surface area contributed by atoms with E-state index in [9.17, 15) is 5.21 Å². The van der Waals surface area contributed by atoms with Crippen molar-refractivity contribution in [1.82, 2.24) is 9.97 Å². The Kier molecular flexibility index (Phi) is 3.12. The molecule has 0 saturated heterocycles. The van der Waals surface area contributed by atoms with Crippen molar-refractivity contribution in [2.24, 2.45) is 0 Å². The van der Waals surface area contributed by atoms with Crippen molar-refractivity contribution in [3.8, 4) is 0 Å². The first-order chi connectivity index (χ1) is 7.75. The summed E-state index contributed by atoms with van der Waals surface area (Å²) >= 11 is 5.72. The number of nitrogens with zero attached hydrogens (tertiary/aromatic N) is 3. The van der Waals surface area contributed by atoms with Crippen molar-refractivity contribution >= 4 is 23.5 Å². The quantitative estimate of drug-likeness (QED) is 0.346. The minimum atomic E-state index is 0.495. The summed E-state index contributed by atoms with van der Waals surface area (Å²) in [5.41, 5.74) is 1.00. The van der Waals surface area contributed by atoms with Crippen LogP contribution in [0, 0.1) is 5.21 Å². The maximum Gasteiger partial charge on any atom is 0.216 e. The zero-order valence-corrected chi connectivity index (χ0v) is 9.00. The fourth-order valence-corrected chi connectivity index (χ4v) is 1.29. The Morgan fingerprint density at radius 1 is 1.19 bits per heavy atom. The minimum absolute atomic E-state index is 0.495. The smallest absolute Gasteiger partial charge is 0.216 e. The predicted octanol–water partition coefficient (Wildman–Crippen LogP) is 2.39. The summed E-state index contributed by atoms with van der Waals surface area (Å²) in [7, 11) is 0. The van der Waals surface area contributed by atoms with Gasteiger partial charge in [0.05, 0.1) is 6.20 Å². The van der Waals surface area contributed by atoms with Crippen LogP contribution in [0.2, 0.25) is 5.02 Å². The number of benzene rings is 1. The molecule has 2 rings (SSSR count). The molecule has 1 heterocycles. The molecule has 0 saturated carbocycles. The van der Waals surface area contributed by atoms with Gasteiger partial charge < -0.3 is 5.21 Å². The van der Waals surface area contributed by atoms with Crippen LogP contribution in [0.15, 0.2) is 42.9 Å². The van der Waals surface area contributed by atoms with Gasteiger partial charge in [0, 0.05) is 29.5 Å². The third kappa shape index (κ3) is 2.55. The third-order valence-electron chi connectivity index (χ3n) is 1.91. The summed E-state index contributed by atoms with van der Waals surface area (Å²) in [6, 6.07) is 6.60. The van der Waals surface area contributed by atoms with Crippen molar-refractivity contribution in [3.05, 3.63) is 58.8 Å². The summed E-state index contributed by atoms with van der Waals surface area (Å²) in [6.45, 7) is 0. The lowest BCUT2D eigenvalue weighted by molar-refractivity contribution is -0.354. The Bertz CT molecular complexity index is 496. The van der Waals surface area contributed by atoms with E-state index in [1.54, 1.807) is 30.5 Å². The zero-order chi connectivity index (χ0) is 11.4. The average Bonchev–Trinajstić information content (AvgIpc) is 2.31. The van der Waals surface area contributed by atoms with Crippen LogP contribution in [0.5, 0.6) is 0 Å². The highest BCUT2D eigenvalue weighted by molar-refractivity contribution is 6.30. The van der Waals surface area contributed by atoms with Crippen molar-refractivity contribution < 1.29 is 4.74 Å². The fourth-order valence-electron chi connectivity index (χ4n) is 1.16. The molecule has 0 N–H and O–H groups in total.